The van der Waals surface area contributed by atoms with Gasteiger partial charge >= 0.3 is 0 Å². The van der Waals surface area contributed by atoms with Crippen LogP contribution in [0.2, 0.25) is 10.0 Å². The monoisotopic (exact) mass is 335 g/mol. The topological polar surface area (TPSA) is 32.3 Å². The zero-order valence-electron chi connectivity index (χ0n) is 12.1. The molecule has 1 aromatic rings. The lowest BCUT2D eigenvalue weighted by molar-refractivity contribution is 0.165. The molecular formula is C15H23Cl2NOS. The summed E-state index contributed by atoms with van der Waals surface area (Å²) < 4.78 is 0. The van der Waals surface area contributed by atoms with Crippen molar-refractivity contribution in [3.63, 3.8) is 0 Å². The first-order valence-electron chi connectivity index (χ1n) is 6.94. The SMILES string of the molecule is CCNC(C)(CO)CCCCSc1cc(Cl)ccc1Cl. The number of likely N-dealkylation sites (N-methyl/N-ethyl adjacent to an activating group) is 1. The van der Waals surface area contributed by atoms with Gasteiger partial charge in [0, 0.05) is 15.5 Å². The van der Waals surface area contributed by atoms with Crippen LogP contribution in [0.4, 0.5) is 0 Å². The molecule has 0 amide bonds. The fraction of sp³-hybridized carbons (Fsp3) is 0.600. The third kappa shape index (κ3) is 6.23. The minimum absolute atomic E-state index is 0.160. The molecule has 0 spiro atoms. The first-order chi connectivity index (χ1) is 9.50. The van der Waals surface area contributed by atoms with E-state index in [9.17, 15) is 5.11 Å². The van der Waals surface area contributed by atoms with E-state index in [0.717, 1.165) is 46.5 Å². The average Bonchev–Trinajstić information content (AvgIpc) is 2.42. The Kier molecular flexibility index (Phi) is 8.30. The molecule has 0 saturated carbocycles. The number of rotatable bonds is 9. The lowest BCUT2D eigenvalue weighted by Gasteiger charge is -2.28. The van der Waals surface area contributed by atoms with Gasteiger partial charge in [-0.15, -0.1) is 11.8 Å². The van der Waals surface area contributed by atoms with Gasteiger partial charge in [0.1, 0.15) is 0 Å². The van der Waals surface area contributed by atoms with Crippen LogP contribution in [0.25, 0.3) is 0 Å². The quantitative estimate of drug-likeness (QED) is 0.510. The van der Waals surface area contributed by atoms with Gasteiger partial charge in [-0.1, -0.05) is 36.5 Å². The molecule has 114 valence electrons. The maximum absolute atomic E-state index is 9.42. The number of benzene rings is 1. The van der Waals surface area contributed by atoms with E-state index in [4.69, 9.17) is 23.2 Å². The van der Waals surface area contributed by atoms with Gasteiger partial charge in [0.2, 0.25) is 0 Å². The first-order valence-corrected chi connectivity index (χ1v) is 8.68. The molecule has 0 aliphatic carbocycles. The number of aliphatic hydroxyl groups is 1. The largest absolute Gasteiger partial charge is 0.394 e. The Balaban J connectivity index is 2.30. The molecule has 0 radical (unpaired) electrons. The Bertz CT molecular complexity index is 417. The maximum Gasteiger partial charge on any atom is 0.0610 e. The number of nitrogens with one attached hydrogen (secondary N) is 1. The molecule has 2 N–H and O–H groups in total. The van der Waals surface area contributed by atoms with E-state index < -0.39 is 0 Å². The van der Waals surface area contributed by atoms with Crippen LogP contribution in [0.3, 0.4) is 0 Å². The van der Waals surface area contributed by atoms with Crippen molar-refractivity contribution in [2.75, 3.05) is 18.9 Å². The van der Waals surface area contributed by atoms with Gasteiger partial charge in [0.15, 0.2) is 0 Å². The first kappa shape index (κ1) is 18.1. The second kappa shape index (κ2) is 9.16. The van der Waals surface area contributed by atoms with Crippen molar-refractivity contribution in [3.05, 3.63) is 28.2 Å². The van der Waals surface area contributed by atoms with Gasteiger partial charge in [-0.2, -0.15) is 0 Å². The highest BCUT2D eigenvalue weighted by atomic mass is 35.5. The van der Waals surface area contributed by atoms with Crippen molar-refractivity contribution in [2.24, 2.45) is 0 Å². The zero-order valence-corrected chi connectivity index (χ0v) is 14.4. The van der Waals surface area contributed by atoms with Gasteiger partial charge in [0.25, 0.3) is 0 Å². The van der Waals surface area contributed by atoms with E-state index >= 15 is 0 Å². The van der Waals surface area contributed by atoms with Crippen molar-refractivity contribution in [2.45, 2.75) is 43.5 Å². The predicted molar refractivity (Wildman–Crippen MR) is 90.2 cm³/mol. The van der Waals surface area contributed by atoms with Crippen LogP contribution in [0.1, 0.15) is 33.1 Å². The Morgan fingerprint density at radius 2 is 2.05 bits per heavy atom. The minimum atomic E-state index is -0.160. The van der Waals surface area contributed by atoms with Gasteiger partial charge in [-0.25, -0.2) is 0 Å². The number of hydrogen-bond acceptors (Lipinski definition) is 3. The van der Waals surface area contributed by atoms with Crippen molar-refractivity contribution in [3.8, 4) is 0 Å². The molecule has 0 fully saturated rings. The van der Waals surface area contributed by atoms with E-state index in [2.05, 4.69) is 19.2 Å². The molecular weight excluding hydrogens is 313 g/mol. The van der Waals surface area contributed by atoms with Crippen LogP contribution in [-0.2, 0) is 0 Å². The Labute approximate surface area is 136 Å². The highest BCUT2D eigenvalue weighted by Crippen LogP contribution is 2.30. The summed E-state index contributed by atoms with van der Waals surface area (Å²) >= 11 is 13.8. The highest BCUT2D eigenvalue weighted by molar-refractivity contribution is 7.99. The number of hydrogen-bond donors (Lipinski definition) is 2. The normalized spacial score (nSPS) is 14.2. The summed E-state index contributed by atoms with van der Waals surface area (Å²) in [5, 5.41) is 14.2. The summed E-state index contributed by atoms with van der Waals surface area (Å²) in [5.41, 5.74) is -0.160. The third-order valence-corrected chi connectivity index (χ3v) is 5.04. The van der Waals surface area contributed by atoms with Crippen molar-refractivity contribution >= 4 is 35.0 Å². The number of thioether (sulfide) groups is 1. The van der Waals surface area contributed by atoms with E-state index in [0.29, 0.717) is 0 Å². The number of unbranched alkanes of at least 4 members (excludes halogenated alkanes) is 1. The molecule has 0 bridgehead atoms. The smallest absolute Gasteiger partial charge is 0.0610 e. The van der Waals surface area contributed by atoms with Gasteiger partial charge < -0.3 is 10.4 Å². The summed E-state index contributed by atoms with van der Waals surface area (Å²) in [6, 6.07) is 5.54. The van der Waals surface area contributed by atoms with E-state index in [1.165, 1.54) is 0 Å². The van der Waals surface area contributed by atoms with Crippen molar-refractivity contribution < 1.29 is 5.11 Å². The van der Waals surface area contributed by atoms with Crippen LogP contribution in [-0.4, -0.2) is 29.5 Å². The maximum atomic E-state index is 9.42. The molecule has 1 aromatic carbocycles. The fourth-order valence-electron chi connectivity index (χ4n) is 2.04. The predicted octanol–water partition coefficient (Wildman–Crippen LogP) is 4.62. The van der Waals surface area contributed by atoms with Gasteiger partial charge in [-0.05, 0) is 50.3 Å². The van der Waals surface area contributed by atoms with Crippen LogP contribution >= 0.6 is 35.0 Å². The van der Waals surface area contributed by atoms with Crippen molar-refractivity contribution in [1.29, 1.82) is 0 Å². The lowest BCUT2D eigenvalue weighted by atomic mass is 9.96. The Morgan fingerprint density at radius 1 is 1.30 bits per heavy atom. The van der Waals surface area contributed by atoms with Crippen LogP contribution < -0.4 is 5.32 Å². The molecule has 0 saturated heterocycles. The molecule has 5 heteroatoms. The standard InChI is InChI=1S/C15H23Cl2NOS/c1-3-18-15(2,11-19)8-4-5-9-20-14-10-12(16)6-7-13(14)17/h6-7,10,18-19H,3-5,8-9,11H2,1-2H3. The molecule has 20 heavy (non-hydrogen) atoms. The van der Waals surface area contributed by atoms with E-state index in [1.54, 1.807) is 17.8 Å². The molecule has 1 unspecified atom stereocenters. The third-order valence-electron chi connectivity index (χ3n) is 3.23. The second-order valence-electron chi connectivity index (χ2n) is 5.13. The van der Waals surface area contributed by atoms with Crippen molar-refractivity contribution in [1.82, 2.24) is 5.32 Å². The molecule has 0 heterocycles. The fourth-order valence-corrected chi connectivity index (χ4v) is 3.54. The lowest BCUT2D eigenvalue weighted by Crippen LogP contribution is -2.45. The zero-order chi connectivity index (χ0) is 15.0. The molecule has 0 aliphatic heterocycles. The summed E-state index contributed by atoms with van der Waals surface area (Å²) in [6.45, 7) is 5.18. The van der Waals surface area contributed by atoms with Gasteiger partial charge in [-0.3, -0.25) is 0 Å². The van der Waals surface area contributed by atoms with E-state index in [1.807, 2.05) is 12.1 Å². The average molecular weight is 336 g/mol. The molecule has 0 aromatic heterocycles. The highest BCUT2D eigenvalue weighted by Gasteiger charge is 2.20. The molecule has 1 rings (SSSR count). The minimum Gasteiger partial charge on any atom is -0.394 e. The van der Waals surface area contributed by atoms with Crippen LogP contribution in [0.5, 0.6) is 0 Å². The number of aliphatic hydroxyl groups excluding tert-OH is 1. The molecule has 1 atom stereocenters. The van der Waals surface area contributed by atoms with Crippen LogP contribution in [0, 0.1) is 0 Å². The van der Waals surface area contributed by atoms with Gasteiger partial charge in [0.05, 0.1) is 11.6 Å². The molecule has 0 aliphatic rings. The number of halogens is 2. The second-order valence-corrected chi connectivity index (χ2v) is 7.11. The van der Waals surface area contributed by atoms with Crippen LogP contribution in [0.15, 0.2) is 23.1 Å². The summed E-state index contributed by atoms with van der Waals surface area (Å²) in [6.07, 6.45) is 3.14. The summed E-state index contributed by atoms with van der Waals surface area (Å²) in [5.74, 6) is 1.01. The summed E-state index contributed by atoms with van der Waals surface area (Å²) in [4.78, 5) is 1.04. The van der Waals surface area contributed by atoms with E-state index in [-0.39, 0.29) is 12.1 Å². The molecule has 2 nitrogen and oxygen atoms in total. The summed E-state index contributed by atoms with van der Waals surface area (Å²) in [7, 11) is 0. The Morgan fingerprint density at radius 3 is 2.70 bits per heavy atom. The Hall–Kier alpha value is 0.0700.